The number of hydrogen-bond acceptors (Lipinski definition) is 5. The molecular formula is C13H22O4S. The maximum absolute atomic E-state index is 11.4. The van der Waals surface area contributed by atoms with Gasteiger partial charge in [-0.25, -0.2) is 0 Å². The highest BCUT2D eigenvalue weighted by atomic mass is 32.2. The monoisotopic (exact) mass is 274 g/mol. The van der Waals surface area contributed by atoms with E-state index in [-0.39, 0.29) is 35.8 Å². The zero-order valence-electron chi connectivity index (χ0n) is 11.4. The molecule has 0 aromatic rings. The Morgan fingerprint density at radius 1 is 1.28 bits per heavy atom. The fourth-order valence-electron chi connectivity index (χ4n) is 0.947. The molecule has 0 rings (SSSR count). The van der Waals surface area contributed by atoms with Gasteiger partial charge >= 0.3 is 5.97 Å². The first-order valence-corrected chi connectivity index (χ1v) is 7.14. The van der Waals surface area contributed by atoms with E-state index in [1.165, 1.54) is 0 Å². The molecule has 104 valence electrons. The Bertz CT molecular complexity index is 287. The highest BCUT2D eigenvalue weighted by Gasteiger charge is 2.17. The van der Waals surface area contributed by atoms with Crippen LogP contribution < -0.4 is 0 Å². The fourth-order valence-corrected chi connectivity index (χ4v) is 1.71. The van der Waals surface area contributed by atoms with Crippen molar-refractivity contribution in [2.24, 2.45) is 5.41 Å². The van der Waals surface area contributed by atoms with Gasteiger partial charge in [0.05, 0.1) is 13.0 Å². The zero-order valence-corrected chi connectivity index (χ0v) is 12.2. The van der Waals surface area contributed by atoms with Crippen molar-refractivity contribution in [3.8, 4) is 0 Å². The first-order chi connectivity index (χ1) is 8.41. The number of thioether (sulfide) groups is 1. The van der Waals surface area contributed by atoms with Crippen LogP contribution in [0.1, 0.15) is 46.5 Å². The van der Waals surface area contributed by atoms with E-state index in [0.29, 0.717) is 12.4 Å². The first kappa shape index (κ1) is 17.2. The number of carbonyl (C=O) groups excluding carboxylic acids is 3. The first-order valence-electron chi connectivity index (χ1n) is 6.16. The predicted octanol–water partition coefficient (Wildman–Crippen LogP) is 2.59. The second-order valence-corrected chi connectivity index (χ2v) is 6.01. The second-order valence-electron chi connectivity index (χ2n) is 4.85. The molecule has 0 aliphatic carbocycles. The summed E-state index contributed by atoms with van der Waals surface area (Å²) >= 11 is 1.09. The topological polar surface area (TPSA) is 60.4 Å². The maximum Gasteiger partial charge on any atom is 0.306 e. The average molecular weight is 274 g/mol. The Morgan fingerprint density at radius 2 is 1.94 bits per heavy atom. The van der Waals surface area contributed by atoms with Crippen LogP contribution in [0.15, 0.2) is 0 Å². The molecular weight excluding hydrogens is 252 g/mol. The summed E-state index contributed by atoms with van der Waals surface area (Å²) in [6, 6.07) is 0. The number of carbonyl (C=O) groups is 3. The number of aldehydes is 1. The van der Waals surface area contributed by atoms with Gasteiger partial charge in [-0.1, -0.05) is 32.5 Å². The van der Waals surface area contributed by atoms with Gasteiger partial charge in [-0.3, -0.25) is 9.59 Å². The molecule has 0 radical (unpaired) electrons. The normalized spacial score (nSPS) is 11.1. The lowest BCUT2D eigenvalue weighted by atomic mass is 9.92. The van der Waals surface area contributed by atoms with Gasteiger partial charge in [-0.05, 0) is 11.8 Å². The van der Waals surface area contributed by atoms with Crippen LogP contribution in [0.5, 0.6) is 0 Å². The maximum atomic E-state index is 11.4. The highest BCUT2D eigenvalue weighted by Crippen LogP contribution is 2.20. The fraction of sp³-hybridized carbons (Fsp3) is 0.769. The average Bonchev–Trinajstić information content (AvgIpc) is 2.34. The van der Waals surface area contributed by atoms with Gasteiger partial charge in [-0.2, -0.15) is 0 Å². The van der Waals surface area contributed by atoms with Crippen LogP contribution in [-0.2, 0) is 19.1 Å². The standard InChI is InChI=1S/C13H22O4S/c1-4-13(2,3)10-17-11(15)7-9-18-12(16)6-5-8-14/h8H,4-7,9-10H2,1-3H3. The molecule has 0 aromatic carbocycles. The number of rotatable bonds is 9. The minimum atomic E-state index is -0.271. The summed E-state index contributed by atoms with van der Waals surface area (Å²) < 4.78 is 5.14. The van der Waals surface area contributed by atoms with E-state index in [1.807, 2.05) is 13.8 Å². The van der Waals surface area contributed by atoms with Gasteiger partial charge in [0.25, 0.3) is 0 Å². The lowest BCUT2D eigenvalue weighted by Gasteiger charge is -2.21. The third-order valence-corrected chi connectivity index (χ3v) is 3.55. The van der Waals surface area contributed by atoms with Crippen molar-refractivity contribution >= 4 is 29.1 Å². The Balaban J connectivity index is 3.65. The van der Waals surface area contributed by atoms with Gasteiger partial charge < -0.3 is 9.53 Å². The molecule has 0 aliphatic heterocycles. The van der Waals surface area contributed by atoms with Crippen molar-refractivity contribution in [2.45, 2.75) is 46.5 Å². The van der Waals surface area contributed by atoms with Crippen molar-refractivity contribution in [1.29, 1.82) is 0 Å². The van der Waals surface area contributed by atoms with Crippen LogP contribution in [0.4, 0.5) is 0 Å². The van der Waals surface area contributed by atoms with Crippen LogP contribution in [0, 0.1) is 5.41 Å². The van der Waals surface area contributed by atoms with E-state index in [9.17, 15) is 14.4 Å². The summed E-state index contributed by atoms with van der Waals surface area (Å²) in [4.78, 5) is 32.7. The SMILES string of the molecule is CCC(C)(C)COC(=O)CCSC(=O)CCC=O. The smallest absolute Gasteiger partial charge is 0.306 e. The van der Waals surface area contributed by atoms with E-state index >= 15 is 0 Å². The minimum Gasteiger partial charge on any atom is -0.465 e. The molecule has 0 fully saturated rings. The lowest BCUT2D eigenvalue weighted by Crippen LogP contribution is -2.21. The van der Waals surface area contributed by atoms with Crippen molar-refractivity contribution in [3.05, 3.63) is 0 Å². The van der Waals surface area contributed by atoms with Crippen molar-refractivity contribution in [2.75, 3.05) is 12.4 Å². The molecule has 0 aromatic heterocycles. The molecule has 5 heteroatoms. The van der Waals surface area contributed by atoms with Gasteiger partial charge in [-0.15, -0.1) is 0 Å². The molecule has 0 saturated heterocycles. The molecule has 0 amide bonds. The van der Waals surface area contributed by atoms with Gasteiger partial charge in [0.15, 0.2) is 5.12 Å². The second kappa shape index (κ2) is 9.14. The molecule has 18 heavy (non-hydrogen) atoms. The molecule has 0 saturated carbocycles. The Hall–Kier alpha value is -0.840. The predicted molar refractivity (Wildman–Crippen MR) is 72.4 cm³/mol. The van der Waals surface area contributed by atoms with Gasteiger partial charge in [0, 0.05) is 18.6 Å². The Kier molecular flexibility index (Phi) is 8.71. The van der Waals surface area contributed by atoms with E-state index in [0.717, 1.165) is 24.5 Å². The molecule has 0 unspecified atom stereocenters. The summed E-state index contributed by atoms with van der Waals surface area (Å²) in [6.07, 6.45) is 2.39. The summed E-state index contributed by atoms with van der Waals surface area (Å²) in [7, 11) is 0. The summed E-state index contributed by atoms with van der Waals surface area (Å²) in [6.45, 7) is 6.54. The van der Waals surface area contributed by atoms with Crippen LogP contribution in [0.3, 0.4) is 0 Å². The van der Waals surface area contributed by atoms with Crippen LogP contribution >= 0.6 is 11.8 Å². The van der Waals surface area contributed by atoms with Crippen molar-refractivity contribution < 1.29 is 19.1 Å². The number of esters is 1. The lowest BCUT2D eigenvalue weighted by molar-refractivity contribution is -0.146. The van der Waals surface area contributed by atoms with Crippen molar-refractivity contribution in [1.82, 2.24) is 0 Å². The third-order valence-electron chi connectivity index (χ3n) is 2.62. The van der Waals surface area contributed by atoms with Crippen LogP contribution in [0.2, 0.25) is 0 Å². The highest BCUT2D eigenvalue weighted by molar-refractivity contribution is 8.13. The quantitative estimate of drug-likeness (QED) is 0.478. The van der Waals surface area contributed by atoms with E-state index < -0.39 is 0 Å². The third kappa shape index (κ3) is 9.22. The van der Waals surface area contributed by atoms with Crippen LogP contribution in [0.25, 0.3) is 0 Å². The molecule has 0 heterocycles. The van der Waals surface area contributed by atoms with Gasteiger partial charge in [0.2, 0.25) is 0 Å². The summed E-state index contributed by atoms with van der Waals surface area (Å²) in [5, 5.41) is -0.0520. The molecule has 0 spiro atoms. The Morgan fingerprint density at radius 3 is 2.50 bits per heavy atom. The number of hydrogen-bond donors (Lipinski definition) is 0. The number of ether oxygens (including phenoxy) is 1. The minimum absolute atomic E-state index is 0.00256. The Labute approximate surface area is 113 Å². The molecule has 0 N–H and O–H groups in total. The van der Waals surface area contributed by atoms with Crippen LogP contribution in [-0.4, -0.2) is 29.7 Å². The molecule has 0 atom stereocenters. The molecule has 0 aliphatic rings. The van der Waals surface area contributed by atoms with E-state index in [2.05, 4.69) is 6.92 Å². The largest absolute Gasteiger partial charge is 0.465 e. The molecule has 0 bridgehead atoms. The summed E-state index contributed by atoms with van der Waals surface area (Å²) in [5.41, 5.74) is 0.00256. The van der Waals surface area contributed by atoms with Crippen molar-refractivity contribution in [3.63, 3.8) is 0 Å². The van der Waals surface area contributed by atoms with E-state index in [1.54, 1.807) is 0 Å². The molecule has 4 nitrogen and oxygen atoms in total. The van der Waals surface area contributed by atoms with E-state index in [4.69, 9.17) is 4.74 Å². The zero-order chi connectivity index (χ0) is 14.0. The summed E-state index contributed by atoms with van der Waals surface area (Å²) in [5.74, 6) is 0.149. The van der Waals surface area contributed by atoms with Gasteiger partial charge in [0.1, 0.15) is 6.29 Å².